The van der Waals surface area contributed by atoms with Crippen LogP contribution in [0.15, 0.2) is 0 Å². The molecule has 4 nitrogen and oxygen atoms in total. The first-order valence-electron chi connectivity index (χ1n) is 6.91. The van der Waals surface area contributed by atoms with Crippen LogP contribution in [0.5, 0.6) is 0 Å². The van der Waals surface area contributed by atoms with Crippen LogP contribution in [0, 0.1) is 5.92 Å². The SMILES string of the molecule is CCNC1CCCN(C(=O)C2CCCOC2)C1. The topological polar surface area (TPSA) is 41.6 Å². The van der Waals surface area contributed by atoms with Gasteiger partial charge in [-0.25, -0.2) is 0 Å². The lowest BCUT2D eigenvalue weighted by Gasteiger charge is -2.36. The molecule has 0 aromatic heterocycles. The van der Waals surface area contributed by atoms with Gasteiger partial charge in [0.15, 0.2) is 0 Å². The number of nitrogens with zero attached hydrogens (tertiary/aromatic N) is 1. The number of likely N-dealkylation sites (tertiary alicyclic amines) is 1. The quantitative estimate of drug-likeness (QED) is 0.800. The van der Waals surface area contributed by atoms with Crippen LogP contribution in [0.25, 0.3) is 0 Å². The summed E-state index contributed by atoms with van der Waals surface area (Å²) in [4.78, 5) is 14.4. The van der Waals surface area contributed by atoms with E-state index in [0.717, 1.165) is 45.5 Å². The molecule has 2 aliphatic rings. The molecule has 2 heterocycles. The van der Waals surface area contributed by atoms with Gasteiger partial charge in [0.05, 0.1) is 12.5 Å². The highest BCUT2D eigenvalue weighted by Gasteiger charge is 2.29. The number of piperidine rings is 1. The van der Waals surface area contributed by atoms with Gasteiger partial charge in [0.2, 0.25) is 5.91 Å². The van der Waals surface area contributed by atoms with Gasteiger partial charge in [0, 0.05) is 25.7 Å². The molecule has 0 radical (unpaired) electrons. The highest BCUT2D eigenvalue weighted by Crippen LogP contribution is 2.19. The van der Waals surface area contributed by atoms with E-state index in [-0.39, 0.29) is 5.92 Å². The normalized spacial score (nSPS) is 30.3. The van der Waals surface area contributed by atoms with Crippen molar-refractivity contribution in [2.24, 2.45) is 5.92 Å². The molecule has 2 aliphatic heterocycles. The molecule has 0 aliphatic carbocycles. The summed E-state index contributed by atoms with van der Waals surface area (Å²) in [6.07, 6.45) is 4.35. The summed E-state index contributed by atoms with van der Waals surface area (Å²) >= 11 is 0. The largest absolute Gasteiger partial charge is 0.381 e. The molecule has 17 heavy (non-hydrogen) atoms. The highest BCUT2D eigenvalue weighted by molar-refractivity contribution is 5.79. The van der Waals surface area contributed by atoms with E-state index in [2.05, 4.69) is 12.2 Å². The number of hydrogen-bond donors (Lipinski definition) is 1. The van der Waals surface area contributed by atoms with Gasteiger partial charge in [-0.1, -0.05) is 6.92 Å². The van der Waals surface area contributed by atoms with Crippen molar-refractivity contribution in [1.29, 1.82) is 0 Å². The lowest BCUT2D eigenvalue weighted by molar-refractivity contribution is -0.141. The minimum absolute atomic E-state index is 0.115. The fraction of sp³-hybridized carbons (Fsp3) is 0.923. The first-order valence-corrected chi connectivity index (χ1v) is 6.91. The summed E-state index contributed by atoms with van der Waals surface area (Å²) in [6.45, 7) is 6.36. The molecule has 2 unspecified atom stereocenters. The number of carbonyl (C=O) groups excluding carboxylic acids is 1. The van der Waals surface area contributed by atoms with Gasteiger partial charge in [-0.05, 0) is 32.2 Å². The maximum atomic E-state index is 12.3. The van der Waals surface area contributed by atoms with Crippen molar-refractivity contribution in [3.05, 3.63) is 0 Å². The summed E-state index contributed by atoms with van der Waals surface area (Å²) in [5.41, 5.74) is 0. The van der Waals surface area contributed by atoms with Crippen molar-refractivity contribution in [3.63, 3.8) is 0 Å². The zero-order valence-corrected chi connectivity index (χ0v) is 10.8. The molecule has 2 saturated heterocycles. The van der Waals surface area contributed by atoms with Gasteiger partial charge in [-0.2, -0.15) is 0 Å². The summed E-state index contributed by atoms with van der Waals surface area (Å²) in [5.74, 6) is 0.427. The third-order valence-electron chi connectivity index (χ3n) is 3.74. The molecule has 1 amide bonds. The van der Waals surface area contributed by atoms with Crippen molar-refractivity contribution in [3.8, 4) is 0 Å². The zero-order chi connectivity index (χ0) is 12.1. The number of carbonyl (C=O) groups is 1. The predicted molar refractivity (Wildman–Crippen MR) is 66.8 cm³/mol. The Morgan fingerprint density at radius 3 is 3.00 bits per heavy atom. The van der Waals surface area contributed by atoms with E-state index in [0.29, 0.717) is 18.6 Å². The Hall–Kier alpha value is -0.610. The number of hydrogen-bond acceptors (Lipinski definition) is 3. The first kappa shape index (κ1) is 12.8. The van der Waals surface area contributed by atoms with E-state index in [1.807, 2.05) is 4.90 Å². The van der Waals surface area contributed by atoms with Gasteiger partial charge < -0.3 is 15.0 Å². The second-order valence-electron chi connectivity index (χ2n) is 5.10. The summed E-state index contributed by atoms with van der Waals surface area (Å²) in [6, 6.07) is 0.488. The van der Waals surface area contributed by atoms with Crippen molar-refractivity contribution in [2.45, 2.75) is 38.6 Å². The van der Waals surface area contributed by atoms with E-state index in [1.54, 1.807) is 0 Å². The number of ether oxygens (including phenoxy) is 1. The summed E-state index contributed by atoms with van der Waals surface area (Å²) < 4.78 is 5.41. The lowest BCUT2D eigenvalue weighted by atomic mass is 9.98. The van der Waals surface area contributed by atoms with Crippen molar-refractivity contribution in [2.75, 3.05) is 32.8 Å². The maximum absolute atomic E-state index is 12.3. The Labute approximate surface area is 104 Å². The van der Waals surface area contributed by atoms with Crippen molar-refractivity contribution in [1.82, 2.24) is 10.2 Å². The molecule has 2 fully saturated rings. The first-order chi connectivity index (χ1) is 8.31. The zero-order valence-electron chi connectivity index (χ0n) is 10.8. The second kappa shape index (κ2) is 6.36. The molecule has 1 N–H and O–H groups in total. The molecule has 2 rings (SSSR count). The summed E-state index contributed by atoms with van der Waals surface area (Å²) in [7, 11) is 0. The fourth-order valence-corrected chi connectivity index (χ4v) is 2.83. The third-order valence-corrected chi connectivity index (χ3v) is 3.74. The molecule has 0 bridgehead atoms. The molecule has 0 aromatic rings. The van der Waals surface area contributed by atoms with E-state index in [4.69, 9.17) is 4.74 Å². The van der Waals surface area contributed by atoms with Crippen LogP contribution < -0.4 is 5.32 Å². The molecule has 0 aromatic carbocycles. The molecule has 98 valence electrons. The molecule has 4 heteroatoms. The average molecular weight is 240 g/mol. The number of amides is 1. The molecule has 0 spiro atoms. The van der Waals surface area contributed by atoms with E-state index in [9.17, 15) is 4.79 Å². The maximum Gasteiger partial charge on any atom is 0.228 e. The van der Waals surface area contributed by atoms with Gasteiger partial charge in [-0.3, -0.25) is 4.79 Å². The number of rotatable bonds is 3. The van der Waals surface area contributed by atoms with Crippen LogP contribution in [0.1, 0.15) is 32.6 Å². The van der Waals surface area contributed by atoms with Crippen LogP contribution in [-0.4, -0.2) is 49.7 Å². The summed E-state index contributed by atoms with van der Waals surface area (Å²) in [5, 5.41) is 3.45. The van der Waals surface area contributed by atoms with Crippen molar-refractivity contribution < 1.29 is 9.53 Å². The molecule has 0 saturated carbocycles. The minimum Gasteiger partial charge on any atom is -0.381 e. The predicted octanol–water partition coefficient (Wildman–Crippen LogP) is 1.01. The number of likely N-dealkylation sites (N-methyl/N-ethyl adjacent to an activating group) is 1. The average Bonchev–Trinajstić information content (AvgIpc) is 2.40. The van der Waals surface area contributed by atoms with Gasteiger partial charge in [0.1, 0.15) is 0 Å². The number of nitrogens with one attached hydrogen (secondary N) is 1. The lowest BCUT2D eigenvalue weighted by Crippen LogP contribution is -2.50. The van der Waals surface area contributed by atoms with E-state index < -0.39 is 0 Å². The third kappa shape index (κ3) is 3.42. The van der Waals surface area contributed by atoms with Crippen LogP contribution in [-0.2, 0) is 9.53 Å². The standard InChI is InChI=1S/C13H24N2O2/c1-2-14-12-6-3-7-15(9-12)13(16)11-5-4-8-17-10-11/h11-12,14H,2-10H2,1H3. The fourth-order valence-electron chi connectivity index (χ4n) is 2.83. The van der Waals surface area contributed by atoms with Crippen molar-refractivity contribution >= 4 is 5.91 Å². The molecular formula is C13H24N2O2. The molecule has 2 atom stereocenters. The van der Waals surface area contributed by atoms with Crippen LogP contribution in [0.4, 0.5) is 0 Å². The minimum atomic E-state index is 0.115. The Kier molecular flexibility index (Phi) is 4.80. The highest BCUT2D eigenvalue weighted by atomic mass is 16.5. The van der Waals surface area contributed by atoms with Crippen LogP contribution in [0.3, 0.4) is 0 Å². The van der Waals surface area contributed by atoms with Gasteiger partial charge in [0.25, 0.3) is 0 Å². The van der Waals surface area contributed by atoms with Crippen LogP contribution in [0.2, 0.25) is 0 Å². The van der Waals surface area contributed by atoms with E-state index in [1.165, 1.54) is 6.42 Å². The Morgan fingerprint density at radius 1 is 1.41 bits per heavy atom. The Bertz CT molecular complexity index is 250. The van der Waals surface area contributed by atoms with Gasteiger partial charge >= 0.3 is 0 Å². The Morgan fingerprint density at radius 2 is 2.29 bits per heavy atom. The van der Waals surface area contributed by atoms with E-state index >= 15 is 0 Å². The second-order valence-corrected chi connectivity index (χ2v) is 5.10. The smallest absolute Gasteiger partial charge is 0.228 e. The monoisotopic (exact) mass is 240 g/mol. The molecular weight excluding hydrogens is 216 g/mol. The van der Waals surface area contributed by atoms with Crippen LogP contribution >= 0.6 is 0 Å². The Balaban J connectivity index is 1.85. The van der Waals surface area contributed by atoms with Gasteiger partial charge in [-0.15, -0.1) is 0 Å².